The number of benzene rings is 3. The summed E-state index contributed by atoms with van der Waals surface area (Å²) in [6.45, 7) is 1.86. The summed E-state index contributed by atoms with van der Waals surface area (Å²) in [5.41, 5.74) is 2.26. The molecule has 31 heavy (non-hydrogen) atoms. The van der Waals surface area contributed by atoms with Crippen LogP contribution in [0.3, 0.4) is 0 Å². The highest BCUT2D eigenvalue weighted by Gasteiger charge is 2.29. The normalized spacial score (nSPS) is 11.5. The van der Waals surface area contributed by atoms with Crippen LogP contribution in [0, 0.1) is 5.82 Å². The summed E-state index contributed by atoms with van der Waals surface area (Å²) < 4.78 is 18.7. The topological polar surface area (TPSA) is 58.6 Å². The summed E-state index contributed by atoms with van der Waals surface area (Å²) in [5.74, 6) is -0.249. The van der Waals surface area contributed by atoms with E-state index in [-0.39, 0.29) is 30.7 Å². The molecule has 2 amide bonds. The first-order valence-electron chi connectivity index (χ1n) is 9.96. The van der Waals surface area contributed by atoms with Crippen LogP contribution in [0.1, 0.15) is 29.7 Å². The molecule has 0 heterocycles. The van der Waals surface area contributed by atoms with Crippen molar-refractivity contribution in [3.05, 3.63) is 101 Å². The van der Waals surface area contributed by atoms with E-state index >= 15 is 0 Å². The first-order valence-corrected chi connectivity index (χ1v) is 9.96. The Kier molecular flexibility index (Phi) is 7.38. The Labute approximate surface area is 181 Å². The molecule has 0 aliphatic rings. The maximum absolute atomic E-state index is 13.3. The van der Waals surface area contributed by atoms with Gasteiger partial charge in [0, 0.05) is 25.6 Å². The van der Waals surface area contributed by atoms with Gasteiger partial charge in [-0.2, -0.15) is 0 Å². The molecule has 3 aromatic carbocycles. The number of rotatable bonds is 8. The summed E-state index contributed by atoms with van der Waals surface area (Å²) >= 11 is 0. The molecule has 0 bridgehead atoms. The third kappa shape index (κ3) is 5.69. The van der Waals surface area contributed by atoms with Crippen molar-refractivity contribution in [2.45, 2.75) is 26.1 Å². The minimum atomic E-state index is -0.835. The van der Waals surface area contributed by atoms with Crippen LogP contribution in [0.2, 0.25) is 0 Å². The van der Waals surface area contributed by atoms with E-state index in [2.05, 4.69) is 5.32 Å². The van der Waals surface area contributed by atoms with Gasteiger partial charge in [-0.1, -0.05) is 60.7 Å². The van der Waals surface area contributed by atoms with Crippen molar-refractivity contribution >= 4 is 11.8 Å². The first-order chi connectivity index (χ1) is 15.0. The molecule has 6 heteroatoms. The van der Waals surface area contributed by atoms with Crippen molar-refractivity contribution < 1.29 is 18.7 Å². The fourth-order valence-electron chi connectivity index (χ4n) is 3.41. The zero-order chi connectivity index (χ0) is 22.2. The van der Waals surface area contributed by atoms with Gasteiger partial charge in [0.05, 0.1) is 7.11 Å². The summed E-state index contributed by atoms with van der Waals surface area (Å²) in [6, 6.07) is 21.6. The number of amides is 2. The van der Waals surface area contributed by atoms with Crippen LogP contribution < -0.4 is 10.1 Å². The molecule has 0 saturated heterocycles. The SMILES string of the molecule is COc1ccccc1CNC(=O)[C@H](c1ccccc1)N(Cc1ccc(F)cc1)C(C)=O. The molecule has 5 nitrogen and oxygen atoms in total. The monoisotopic (exact) mass is 420 g/mol. The molecule has 0 saturated carbocycles. The highest BCUT2D eigenvalue weighted by Crippen LogP contribution is 2.25. The van der Waals surface area contributed by atoms with Gasteiger partial charge >= 0.3 is 0 Å². The van der Waals surface area contributed by atoms with Crippen molar-refractivity contribution in [2.24, 2.45) is 0 Å². The quantitative estimate of drug-likeness (QED) is 0.593. The van der Waals surface area contributed by atoms with E-state index in [0.717, 1.165) is 11.1 Å². The molecule has 0 unspecified atom stereocenters. The molecule has 3 rings (SSSR count). The summed E-state index contributed by atoms with van der Waals surface area (Å²) in [5, 5.41) is 2.93. The van der Waals surface area contributed by atoms with Crippen molar-refractivity contribution in [1.82, 2.24) is 10.2 Å². The summed E-state index contributed by atoms with van der Waals surface area (Å²) in [4.78, 5) is 27.3. The van der Waals surface area contributed by atoms with Crippen LogP contribution in [0.4, 0.5) is 4.39 Å². The molecule has 1 N–H and O–H groups in total. The van der Waals surface area contributed by atoms with Crippen LogP contribution in [-0.4, -0.2) is 23.8 Å². The van der Waals surface area contributed by atoms with Crippen molar-refractivity contribution in [2.75, 3.05) is 7.11 Å². The minimum Gasteiger partial charge on any atom is -0.496 e. The van der Waals surface area contributed by atoms with Crippen LogP contribution in [0.5, 0.6) is 5.75 Å². The second-order valence-corrected chi connectivity index (χ2v) is 7.12. The number of nitrogens with zero attached hydrogens (tertiary/aromatic N) is 1. The number of halogens is 1. The average Bonchev–Trinajstić information content (AvgIpc) is 2.79. The number of nitrogens with one attached hydrogen (secondary N) is 1. The predicted octanol–water partition coefficient (Wildman–Crippen LogP) is 4.24. The Morgan fingerprint density at radius 1 is 0.968 bits per heavy atom. The Bertz CT molecular complexity index is 1020. The van der Waals surface area contributed by atoms with Gasteiger partial charge in [-0.05, 0) is 29.3 Å². The zero-order valence-electron chi connectivity index (χ0n) is 17.5. The smallest absolute Gasteiger partial charge is 0.247 e. The van der Waals surface area contributed by atoms with E-state index in [4.69, 9.17) is 4.74 Å². The van der Waals surface area contributed by atoms with Crippen LogP contribution >= 0.6 is 0 Å². The Balaban J connectivity index is 1.88. The highest BCUT2D eigenvalue weighted by molar-refractivity contribution is 5.88. The summed E-state index contributed by atoms with van der Waals surface area (Å²) in [7, 11) is 1.58. The third-order valence-corrected chi connectivity index (χ3v) is 4.99. The largest absolute Gasteiger partial charge is 0.496 e. The van der Waals surface area contributed by atoms with Gasteiger partial charge < -0.3 is 15.0 Å². The summed E-state index contributed by atoms with van der Waals surface area (Å²) in [6.07, 6.45) is 0. The molecule has 3 aromatic rings. The lowest BCUT2D eigenvalue weighted by Crippen LogP contribution is -2.42. The van der Waals surface area contributed by atoms with E-state index in [9.17, 15) is 14.0 Å². The third-order valence-electron chi connectivity index (χ3n) is 4.99. The molecule has 1 atom stereocenters. The van der Waals surface area contributed by atoms with Crippen LogP contribution in [0.25, 0.3) is 0 Å². The van der Waals surface area contributed by atoms with Gasteiger partial charge in [-0.15, -0.1) is 0 Å². The number of hydrogen-bond donors (Lipinski definition) is 1. The number of hydrogen-bond acceptors (Lipinski definition) is 3. The molecule has 160 valence electrons. The average molecular weight is 420 g/mol. The molecule has 0 spiro atoms. The van der Waals surface area contributed by atoms with Crippen molar-refractivity contribution in [1.29, 1.82) is 0 Å². The lowest BCUT2D eigenvalue weighted by atomic mass is 10.0. The van der Waals surface area contributed by atoms with Gasteiger partial charge in [0.15, 0.2) is 0 Å². The van der Waals surface area contributed by atoms with Crippen LogP contribution in [-0.2, 0) is 22.7 Å². The maximum atomic E-state index is 13.3. The minimum absolute atomic E-state index is 0.178. The fraction of sp³-hybridized carbons (Fsp3) is 0.200. The second-order valence-electron chi connectivity index (χ2n) is 7.12. The fourth-order valence-corrected chi connectivity index (χ4v) is 3.41. The first kappa shape index (κ1) is 22.0. The van der Waals surface area contributed by atoms with Crippen molar-refractivity contribution in [3.63, 3.8) is 0 Å². The van der Waals surface area contributed by atoms with E-state index in [0.29, 0.717) is 11.3 Å². The number of ether oxygens (including phenoxy) is 1. The lowest BCUT2D eigenvalue weighted by Gasteiger charge is -2.30. The van der Waals surface area contributed by atoms with E-state index < -0.39 is 6.04 Å². The Hall–Kier alpha value is -3.67. The van der Waals surface area contributed by atoms with Gasteiger partial charge in [-0.3, -0.25) is 9.59 Å². The maximum Gasteiger partial charge on any atom is 0.247 e. The van der Waals surface area contributed by atoms with Gasteiger partial charge in [-0.25, -0.2) is 4.39 Å². The van der Waals surface area contributed by atoms with Crippen molar-refractivity contribution in [3.8, 4) is 5.75 Å². The number of carbonyl (C=O) groups is 2. The molecule has 0 aliphatic carbocycles. The van der Waals surface area contributed by atoms with Gasteiger partial charge in [0.25, 0.3) is 0 Å². The van der Waals surface area contributed by atoms with Gasteiger partial charge in [0.1, 0.15) is 17.6 Å². The molecular weight excluding hydrogens is 395 g/mol. The van der Waals surface area contributed by atoms with Gasteiger partial charge in [0.2, 0.25) is 11.8 Å². The number of carbonyl (C=O) groups excluding carboxylic acids is 2. The van der Waals surface area contributed by atoms with E-state index in [1.807, 2.05) is 54.6 Å². The molecular formula is C25H25FN2O3. The molecule has 0 radical (unpaired) electrons. The molecule has 0 aromatic heterocycles. The Morgan fingerprint density at radius 2 is 1.61 bits per heavy atom. The standard InChI is InChI=1S/C25H25FN2O3/c1-18(29)28(17-19-12-14-22(26)15-13-19)24(20-8-4-3-5-9-20)25(30)27-16-21-10-6-7-11-23(21)31-2/h3-15,24H,16-17H2,1-2H3,(H,27,30)/t24-/m0/s1. The predicted molar refractivity (Wildman–Crippen MR) is 117 cm³/mol. The highest BCUT2D eigenvalue weighted by atomic mass is 19.1. The Morgan fingerprint density at radius 3 is 2.26 bits per heavy atom. The van der Waals surface area contributed by atoms with Crippen LogP contribution in [0.15, 0.2) is 78.9 Å². The molecule has 0 aliphatic heterocycles. The molecule has 0 fully saturated rings. The van der Waals surface area contributed by atoms with E-state index in [1.165, 1.54) is 24.0 Å². The lowest BCUT2D eigenvalue weighted by molar-refractivity contribution is -0.140. The number of methoxy groups -OCH3 is 1. The number of para-hydroxylation sites is 1. The zero-order valence-corrected chi connectivity index (χ0v) is 17.5. The van der Waals surface area contributed by atoms with E-state index in [1.54, 1.807) is 19.2 Å². The second kappa shape index (κ2) is 10.4.